The van der Waals surface area contributed by atoms with Gasteiger partial charge in [0.15, 0.2) is 11.6 Å². The SMILES string of the molecule is Fc1ccc(Cl)c(F)c1OC(F)(F)Cl. The second-order valence-electron chi connectivity index (χ2n) is 2.22. The summed E-state index contributed by atoms with van der Waals surface area (Å²) in [7, 11) is 0. The fraction of sp³-hybridized carbons (Fsp3) is 0.143. The van der Waals surface area contributed by atoms with Gasteiger partial charge in [0.25, 0.3) is 0 Å². The van der Waals surface area contributed by atoms with Crippen LogP contribution < -0.4 is 4.74 Å². The maximum absolute atomic E-state index is 12.9. The van der Waals surface area contributed by atoms with Crippen LogP contribution in [-0.2, 0) is 0 Å². The number of alkyl halides is 3. The second kappa shape index (κ2) is 3.82. The Balaban J connectivity index is 3.13. The lowest BCUT2D eigenvalue weighted by molar-refractivity contribution is -0.100. The lowest BCUT2D eigenvalue weighted by atomic mass is 10.3. The average Bonchev–Trinajstić information content (AvgIpc) is 2.04. The Hall–Kier alpha value is -0.680. The summed E-state index contributed by atoms with van der Waals surface area (Å²) in [6, 6.07) is 1.55. The molecule has 0 aliphatic carbocycles. The normalized spacial score (nSPS) is 11.6. The van der Waals surface area contributed by atoms with Crippen molar-refractivity contribution in [2.24, 2.45) is 0 Å². The molecular weight excluding hydrogens is 247 g/mol. The maximum Gasteiger partial charge on any atom is 0.487 e. The summed E-state index contributed by atoms with van der Waals surface area (Å²) in [5, 5.41) is -0.540. The van der Waals surface area contributed by atoms with E-state index in [2.05, 4.69) is 16.3 Å². The average molecular weight is 249 g/mol. The van der Waals surface area contributed by atoms with Crippen molar-refractivity contribution >= 4 is 23.2 Å². The number of halogens is 6. The standard InChI is InChI=1S/C7H2Cl2F4O/c8-3-1-2-4(10)6(5(3)11)14-7(9,12)13/h1-2H. The van der Waals surface area contributed by atoms with Crippen LogP contribution in [-0.4, -0.2) is 5.57 Å². The molecule has 0 radical (unpaired) electrons. The summed E-state index contributed by atoms with van der Waals surface area (Å²) >= 11 is 9.54. The highest BCUT2D eigenvalue weighted by molar-refractivity contribution is 6.30. The van der Waals surface area contributed by atoms with E-state index < -0.39 is 28.0 Å². The van der Waals surface area contributed by atoms with E-state index in [0.717, 1.165) is 6.07 Å². The third kappa shape index (κ3) is 2.65. The molecule has 0 heterocycles. The maximum atomic E-state index is 12.9. The first kappa shape index (κ1) is 11.4. The van der Waals surface area contributed by atoms with Crippen LogP contribution in [0.5, 0.6) is 5.75 Å². The molecule has 0 amide bonds. The topological polar surface area (TPSA) is 9.23 Å². The van der Waals surface area contributed by atoms with E-state index in [9.17, 15) is 17.6 Å². The van der Waals surface area contributed by atoms with Crippen molar-refractivity contribution in [2.75, 3.05) is 0 Å². The molecule has 7 heteroatoms. The summed E-state index contributed by atoms with van der Waals surface area (Å²) < 4.78 is 53.3. The minimum absolute atomic E-state index is 0.540. The Bertz CT molecular complexity index is 350. The van der Waals surface area contributed by atoms with Crippen LogP contribution in [0.1, 0.15) is 0 Å². The highest BCUT2D eigenvalue weighted by atomic mass is 35.5. The van der Waals surface area contributed by atoms with Gasteiger partial charge in [0, 0.05) is 11.6 Å². The van der Waals surface area contributed by atoms with Gasteiger partial charge >= 0.3 is 5.57 Å². The molecule has 0 aromatic heterocycles. The number of rotatable bonds is 2. The van der Waals surface area contributed by atoms with Crippen LogP contribution in [0.3, 0.4) is 0 Å². The monoisotopic (exact) mass is 248 g/mol. The molecule has 0 fully saturated rings. The fourth-order valence-corrected chi connectivity index (χ4v) is 0.944. The smallest absolute Gasteiger partial charge is 0.414 e. The van der Waals surface area contributed by atoms with Gasteiger partial charge in [-0.05, 0) is 12.1 Å². The van der Waals surface area contributed by atoms with Gasteiger partial charge in [-0.3, -0.25) is 0 Å². The Kier molecular flexibility index (Phi) is 3.11. The van der Waals surface area contributed by atoms with Crippen LogP contribution in [0, 0.1) is 11.6 Å². The molecule has 1 rings (SSSR count). The van der Waals surface area contributed by atoms with E-state index >= 15 is 0 Å². The Morgan fingerprint density at radius 3 is 2.29 bits per heavy atom. The number of ether oxygens (including phenoxy) is 1. The molecule has 1 nitrogen and oxygen atoms in total. The van der Waals surface area contributed by atoms with Gasteiger partial charge in [-0.25, -0.2) is 8.78 Å². The molecule has 0 saturated heterocycles. The molecule has 78 valence electrons. The van der Waals surface area contributed by atoms with E-state index in [1.807, 2.05) is 0 Å². The second-order valence-corrected chi connectivity index (χ2v) is 3.07. The Labute approximate surface area is 86.2 Å². The van der Waals surface area contributed by atoms with Gasteiger partial charge in [-0.15, -0.1) is 8.78 Å². The van der Waals surface area contributed by atoms with E-state index in [-0.39, 0.29) is 0 Å². The summed E-state index contributed by atoms with van der Waals surface area (Å²) in [6.07, 6.45) is 0. The first-order valence-electron chi connectivity index (χ1n) is 3.20. The summed E-state index contributed by atoms with van der Waals surface area (Å²) in [5.41, 5.74) is -4.19. The zero-order chi connectivity index (χ0) is 10.9. The third-order valence-electron chi connectivity index (χ3n) is 1.22. The first-order chi connectivity index (χ1) is 6.31. The predicted molar refractivity (Wildman–Crippen MR) is 42.8 cm³/mol. The van der Waals surface area contributed by atoms with Gasteiger partial charge in [-0.2, -0.15) is 0 Å². The van der Waals surface area contributed by atoms with Gasteiger partial charge in [0.05, 0.1) is 5.02 Å². The molecule has 1 aromatic carbocycles. The quantitative estimate of drug-likeness (QED) is 0.440. The zero-order valence-electron chi connectivity index (χ0n) is 6.33. The molecule has 0 bridgehead atoms. The van der Waals surface area contributed by atoms with Crippen molar-refractivity contribution in [1.82, 2.24) is 0 Å². The molecule has 0 aliphatic rings. The van der Waals surface area contributed by atoms with Crippen molar-refractivity contribution in [2.45, 2.75) is 5.57 Å². The summed E-state index contributed by atoms with van der Waals surface area (Å²) in [4.78, 5) is 0. The molecular formula is C7H2Cl2F4O. The van der Waals surface area contributed by atoms with Crippen LogP contribution in [0.25, 0.3) is 0 Å². The fourth-order valence-electron chi connectivity index (χ4n) is 0.718. The van der Waals surface area contributed by atoms with Gasteiger partial charge in [-0.1, -0.05) is 11.6 Å². The molecule has 0 N–H and O–H groups in total. The highest BCUT2D eigenvalue weighted by Gasteiger charge is 2.31. The minimum atomic E-state index is -4.19. The summed E-state index contributed by atoms with van der Waals surface area (Å²) in [6.45, 7) is 0. The van der Waals surface area contributed by atoms with E-state index in [0.29, 0.717) is 6.07 Å². The Morgan fingerprint density at radius 2 is 1.79 bits per heavy atom. The number of hydrogen-bond donors (Lipinski definition) is 0. The predicted octanol–water partition coefficient (Wildman–Crippen LogP) is 3.79. The first-order valence-corrected chi connectivity index (χ1v) is 3.96. The largest absolute Gasteiger partial charge is 0.487 e. The molecule has 0 saturated carbocycles. The van der Waals surface area contributed by atoms with Crippen LogP contribution in [0.4, 0.5) is 17.6 Å². The molecule has 0 spiro atoms. The third-order valence-corrected chi connectivity index (χ3v) is 1.59. The van der Waals surface area contributed by atoms with Crippen molar-refractivity contribution in [3.8, 4) is 5.75 Å². The highest BCUT2D eigenvalue weighted by Crippen LogP contribution is 2.32. The van der Waals surface area contributed by atoms with Crippen molar-refractivity contribution < 1.29 is 22.3 Å². The van der Waals surface area contributed by atoms with E-state index in [1.54, 1.807) is 0 Å². The van der Waals surface area contributed by atoms with Crippen LogP contribution >= 0.6 is 23.2 Å². The van der Waals surface area contributed by atoms with Gasteiger partial charge in [0.2, 0.25) is 5.75 Å². The van der Waals surface area contributed by atoms with Gasteiger partial charge < -0.3 is 4.74 Å². The number of benzene rings is 1. The molecule has 1 aromatic rings. The minimum Gasteiger partial charge on any atom is -0.414 e. The zero-order valence-corrected chi connectivity index (χ0v) is 7.84. The van der Waals surface area contributed by atoms with Crippen molar-refractivity contribution in [3.05, 3.63) is 28.8 Å². The van der Waals surface area contributed by atoms with Crippen molar-refractivity contribution in [3.63, 3.8) is 0 Å². The van der Waals surface area contributed by atoms with Crippen LogP contribution in [0.15, 0.2) is 12.1 Å². The lowest BCUT2D eigenvalue weighted by Gasteiger charge is -2.12. The molecule has 0 atom stereocenters. The van der Waals surface area contributed by atoms with E-state index in [1.165, 1.54) is 0 Å². The lowest BCUT2D eigenvalue weighted by Crippen LogP contribution is -2.17. The number of hydrogen-bond acceptors (Lipinski definition) is 1. The van der Waals surface area contributed by atoms with E-state index in [4.69, 9.17) is 11.6 Å². The van der Waals surface area contributed by atoms with Crippen LogP contribution in [0.2, 0.25) is 5.02 Å². The Morgan fingerprint density at radius 1 is 1.21 bits per heavy atom. The molecule has 0 aliphatic heterocycles. The molecule has 0 unspecified atom stereocenters. The van der Waals surface area contributed by atoms with Gasteiger partial charge in [0.1, 0.15) is 0 Å². The van der Waals surface area contributed by atoms with Crippen molar-refractivity contribution in [1.29, 1.82) is 0 Å². The summed E-state index contributed by atoms with van der Waals surface area (Å²) in [5.74, 6) is -4.04. The molecule has 14 heavy (non-hydrogen) atoms.